The highest BCUT2D eigenvalue weighted by atomic mass is 19.1. The van der Waals surface area contributed by atoms with Gasteiger partial charge in [-0.1, -0.05) is 36.4 Å². The maximum Gasteiger partial charge on any atom is 0.239 e. The summed E-state index contributed by atoms with van der Waals surface area (Å²) in [7, 11) is 0. The van der Waals surface area contributed by atoms with E-state index in [1.54, 1.807) is 19.1 Å². The molecule has 0 aliphatic heterocycles. The monoisotopic (exact) mass is 272 g/mol. The number of carbonyl (C=O) groups excluding carboxylic acids is 1. The van der Waals surface area contributed by atoms with Crippen molar-refractivity contribution in [1.82, 2.24) is 5.32 Å². The van der Waals surface area contributed by atoms with Crippen LogP contribution in [-0.2, 0) is 11.3 Å². The Kier molecular flexibility index (Phi) is 4.71. The Balaban J connectivity index is 1.82. The number of nitrogens with one attached hydrogen (secondary N) is 2. The van der Waals surface area contributed by atoms with Crippen molar-refractivity contribution < 1.29 is 9.18 Å². The third-order valence-corrected chi connectivity index (χ3v) is 3.04. The molecule has 0 aliphatic carbocycles. The molecule has 0 heterocycles. The fraction of sp³-hybridized carbons (Fsp3) is 0.188. The van der Waals surface area contributed by atoms with Gasteiger partial charge in [0.05, 0.1) is 6.54 Å². The van der Waals surface area contributed by atoms with Crippen molar-refractivity contribution >= 4 is 11.6 Å². The molecule has 0 aromatic heterocycles. The summed E-state index contributed by atoms with van der Waals surface area (Å²) in [5.74, 6) is -0.405. The molecule has 2 aromatic rings. The van der Waals surface area contributed by atoms with E-state index in [1.165, 1.54) is 6.07 Å². The van der Waals surface area contributed by atoms with Gasteiger partial charge in [-0.3, -0.25) is 4.79 Å². The van der Waals surface area contributed by atoms with Crippen LogP contribution in [0.25, 0.3) is 0 Å². The summed E-state index contributed by atoms with van der Waals surface area (Å²) >= 11 is 0. The molecule has 4 heteroatoms. The maximum absolute atomic E-state index is 13.3. The van der Waals surface area contributed by atoms with Gasteiger partial charge < -0.3 is 10.6 Å². The van der Waals surface area contributed by atoms with Crippen LogP contribution in [0.3, 0.4) is 0 Å². The first-order valence-corrected chi connectivity index (χ1v) is 6.46. The molecular weight excluding hydrogens is 255 g/mol. The van der Waals surface area contributed by atoms with E-state index < -0.39 is 0 Å². The summed E-state index contributed by atoms with van der Waals surface area (Å²) in [6.45, 7) is 2.29. The SMILES string of the molecule is Cc1c(F)cccc1NCC(=O)NCc1ccccc1. The fourth-order valence-corrected chi connectivity index (χ4v) is 1.83. The van der Waals surface area contributed by atoms with Crippen molar-refractivity contribution in [1.29, 1.82) is 0 Å². The van der Waals surface area contributed by atoms with E-state index >= 15 is 0 Å². The maximum atomic E-state index is 13.3. The van der Waals surface area contributed by atoms with Gasteiger partial charge >= 0.3 is 0 Å². The molecule has 20 heavy (non-hydrogen) atoms. The van der Waals surface area contributed by atoms with Crippen molar-refractivity contribution in [3.63, 3.8) is 0 Å². The fourth-order valence-electron chi connectivity index (χ4n) is 1.83. The molecule has 1 amide bonds. The lowest BCUT2D eigenvalue weighted by Crippen LogP contribution is -2.29. The van der Waals surface area contributed by atoms with Gasteiger partial charge in [-0.05, 0) is 24.6 Å². The topological polar surface area (TPSA) is 41.1 Å². The number of amides is 1. The molecule has 2 aromatic carbocycles. The minimum atomic E-state index is -0.278. The number of hydrogen-bond donors (Lipinski definition) is 2. The van der Waals surface area contributed by atoms with Crippen LogP contribution >= 0.6 is 0 Å². The van der Waals surface area contributed by atoms with E-state index in [2.05, 4.69) is 10.6 Å². The zero-order valence-corrected chi connectivity index (χ0v) is 11.3. The van der Waals surface area contributed by atoms with Gasteiger partial charge in [0.1, 0.15) is 5.82 Å². The summed E-state index contributed by atoms with van der Waals surface area (Å²) in [6.07, 6.45) is 0. The molecule has 0 atom stereocenters. The van der Waals surface area contributed by atoms with Gasteiger partial charge in [0.25, 0.3) is 0 Å². The van der Waals surface area contributed by atoms with E-state index in [-0.39, 0.29) is 18.3 Å². The summed E-state index contributed by atoms with van der Waals surface area (Å²) in [6, 6.07) is 14.4. The van der Waals surface area contributed by atoms with Crippen molar-refractivity contribution in [2.45, 2.75) is 13.5 Å². The van der Waals surface area contributed by atoms with Crippen molar-refractivity contribution in [3.8, 4) is 0 Å². The van der Waals surface area contributed by atoms with Crippen molar-refractivity contribution in [3.05, 3.63) is 65.5 Å². The average molecular weight is 272 g/mol. The molecule has 0 spiro atoms. The van der Waals surface area contributed by atoms with E-state index in [9.17, 15) is 9.18 Å². The number of hydrogen-bond acceptors (Lipinski definition) is 2. The second-order valence-corrected chi connectivity index (χ2v) is 4.53. The molecule has 0 radical (unpaired) electrons. The third-order valence-electron chi connectivity index (χ3n) is 3.04. The molecule has 0 bridgehead atoms. The van der Waals surface area contributed by atoms with Gasteiger partial charge in [0.2, 0.25) is 5.91 Å². The van der Waals surface area contributed by atoms with Crippen LogP contribution in [0.5, 0.6) is 0 Å². The predicted octanol–water partition coefficient (Wildman–Crippen LogP) is 2.86. The van der Waals surface area contributed by atoms with Crippen molar-refractivity contribution in [2.24, 2.45) is 0 Å². The lowest BCUT2D eigenvalue weighted by molar-refractivity contribution is -0.119. The first-order valence-electron chi connectivity index (χ1n) is 6.46. The van der Waals surface area contributed by atoms with E-state index in [1.807, 2.05) is 30.3 Å². The van der Waals surface area contributed by atoms with Gasteiger partial charge in [0, 0.05) is 17.8 Å². The van der Waals surface area contributed by atoms with E-state index in [4.69, 9.17) is 0 Å². The second kappa shape index (κ2) is 6.70. The molecule has 0 fully saturated rings. The Morgan fingerprint density at radius 1 is 1.10 bits per heavy atom. The number of anilines is 1. The minimum Gasteiger partial charge on any atom is -0.376 e. The molecule has 0 aliphatic rings. The molecule has 104 valence electrons. The highest BCUT2D eigenvalue weighted by molar-refractivity contribution is 5.80. The Morgan fingerprint density at radius 3 is 2.60 bits per heavy atom. The largest absolute Gasteiger partial charge is 0.376 e. The van der Waals surface area contributed by atoms with Gasteiger partial charge in [-0.25, -0.2) is 4.39 Å². The third kappa shape index (κ3) is 3.82. The standard InChI is InChI=1S/C16H17FN2O/c1-12-14(17)8-5-9-15(12)18-11-16(20)19-10-13-6-3-2-4-7-13/h2-9,18H,10-11H2,1H3,(H,19,20). The van der Waals surface area contributed by atoms with E-state index in [0.717, 1.165) is 5.56 Å². The predicted molar refractivity (Wildman–Crippen MR) is 77.9 cm³/mol. The Hall–Kier alpha value is -2.36. The quantitative estimate of drug-likeness (QED) is 0.878. The van der Waals surface area contributed by atoms with Gasteiger partial charge in [-0.2, -0.15) is 0 Å². The molecule has 3 nitrogen and oxygen atoms in total. The number of benzene rings is 2. The van der Waals surface area contributed by atoms with Gasteiger partial charge in [0.15, 0.2) is 0 Å². The number of carbonyl (C=O) groups is 1. The average Bonchev–Trinajstić information content (AvgIpc) is 2.48. The molecule has 0 saturated heterocycles. The molecule has 0 unspecified atom stereocenters. The highest BCUT2D eigenvalue weighted by Gasteiger charge is 2.05. The molecule has 0 saturated carbocycles. The minimum absolute atomic E-state index is 0.122. The van der Waals surface area contributed by atoms with Crippen LogP contribution < -0.4 is 10.6 Å². The van der Waals surface area contributed by atoms with Crippen molar-refractivity contribution in [2.75, 3.05) is 11.9 Å². The van der Waals surface area contributed by atoms with Crippen LogP contribution in [0.15, 0.2) is 48.5 Å². The Bertz CT molecular complexity index is 584. The molecule has 2 N–H and O–H groups in total. The van der Waals surface area contributed by atoms with E-state index in [0.29, 0.717) is 17.8 Å². The normalized spacial score (nSPS) is 10.1. The first-order chi connectivity index (χ1) is 9.66. The second-order valence-electron chi connectivity index (χ2n) is 4.53. The summed E-state index contributed by atoms with van der Waals surface area (Å²) < 4.78 is 13.3. The van der Waals surface area contributed by atoms with Crippen LogP contribution in [0.1, 0.15) is 11.1 Å². The molecular formula is C16H17FN2O. The first kappa shape index (κ1) is 14.1. The highest BCUT2D eigenvalue weighted by Crippen LogP contribution is 2.16. The summed E-state index contributed by atoms with van der Waals surface area (Å²) in [5.41, 5.74) is 2.20. The number of rotatable bonds is 5. The van der Waals surface area contributed by atoms with Crippen LogP contribution in [0.2, 0.25) is 0 Å². The smallest absolute Gasteiger partial charge is 0.239 e. The lowest BCUT2D eigenvalue weighted by atomic mass is 10.2. The lowest BCUT2D eigenvalue weighted by Gasteiger charge is -2.10. The zero-order chi connectivity index (χ0) is 14.4. The van der Waals surface area contributed by atoms with Crippen LogP contribution in [0, 0.1) is 12.7 Å². The van der Waals surface area contributed by atoms with Gasteiger partial charge in [-0.15, -0.1) is 0 Å². The van der Waals surface area contributed by atoms with Crippen LogP contribution in [-0.4, -0.2) is 12.5 Å². The summed E-state index contributed by atoms with van der Waals surface area (Å²) in [5, 5.41) is 5.75. The molecule has 2 rings (SSSR count). The van der Waals surface area contributed by atoms with Crippen LogP contribution in [0.4, 0.5) is 10.1 Å². The Morgan fingerprint density at radius 2 is 1.85 bits per heavy atom. The Labute approximate surface area is 117 Å². The zero-order valence-electron chi connectivity index (χ0n) is 11.3. The summed E-state index contributed by atoms with van der Waals surface area (Å²) in [4.78, 5) is 11.7. The number of halogens is 1.